The van der Waals surface area contributed by atoms with Gasteiger partial charge in [0, 0.05) is 6.07 Å². The maximum Gasteiger partial charge on any atom is 0.298 e. The van der Waals surface area contributed by atoms with Gasteiger partial charge < -0.3 is 5.11 Å². The number of halogens is 1. The maximum absolute atomic E-state index is 13.2. The molecule has 0 radical (unpaired) electrons. The molecule has 1 heterocycles. The maximum atomic E-state index is 13.2. The summed E-state index contributed by atoms with van der Waals surface area (Å²) < 4.78 is 13.2. The molecule has 1 aliphatic heterocycles. The van der Waals surface area contributed by atoms with Crippen LogP contribution in [0.2, 0.25) is 0 Å². The SMILES string of the molecule is O=C1S/C(=C/c2cccc(F)c2)C(=O)N1c1cccc(O)c1. The molecule has 0 bridgehead atoms. The number of aromatic hydroxyl groups is 1. The van der Waals surface area contributed by atoms with Crippen molar-refractivity contribution in [1.29, 1.82) is 0 Å². The third-order valence-corrected chi connectivity index (χ3v) is 3.90. The minimum atomic E-state index is -0.495. The molecule has 1 aliphatic rings. The standard InChI is InChI=1S/C16H10FNO3S/c17-11-4-1-3-10(7-11)8-14-15(20)18(16(21)22-14)12-5-2-6-13(19)9-12/h1-9,19H/b14-8+. The number of phenolic OH excluding ortho intramolecular Hbond substituents is 1. The summed E-state index contributed by atoms with van der Waals surface area (Å²) >= 11 is 0.778. The minimum absolute atomic E-state index is 0.0364. The van der Waals surface area contributed by atoms with Gasteiger partial charge in [0.2, 0.25) is 0 Å². The van der Waals surface area contributed by atoms with Gasteiger partial charge in [0.15, 0.2) is 0 Å². The summed E-state index contributed by atoms with van der Waals surface area (Å²) in [5, 5.41) is 9.01. The van der Waals surface area contributed by atoms with Crippen LogP contribution in [0.25, 0.3) is 6.08 Å². The summed E-state index contributed by atoms with van der Waals surface area (Å²) in [6, 6.07) is 11.6. The van der Waals surface area contributed by atoms with Crippen molar-refractivity contribution in [1.82, 2.24) is 0 Å². The molecular weight excluding hydrogens is 305 g/mol. The van der Waals surface area contributed by atoms with Crippen LogP contribution in [-0.2, 0) is 4.79 Å². The van der Waals surface area contributed by atoms with Crippen LogP contribution in [0.3, 0.4) is 0 Å². The van der Waals surface area contributed by atoms with Crippen LogP contribution in [0.5, 0.6) is 5.75 Å². The van der Waals surface area contributed by atoms with E-state index in [4.69, 9.17) is 0 Å². The van der Waals surface area contributed by atoms with Crippen molar-refractivity contribution in [3.63, 3.8) is 0 Å². The normalized spacial score (nSPS) is 16.6. The summed E-state index contributed by atoms with van der Waals surface area (Å²) in [4.78, 5) is 25.6. The zero-order valence-electron chi connectivity index (χ0n) is 11.2. The monoisotopic (exact) mass is 315 g/mol. The van der Waals surface area contributed by atoms with Crippen molar-refractivity contribution < 1.29 is 19.1 Å². The lowest BCUT2D eigenvalue weighted by molar-refractivity contribution is -0.113. The molecule has 0 unspecified atom stereocenters. The molecule has 110 valence electrons. The van der Waals surface area contributed by atoms with Crippen LogP contribution < -0.4 is 4.90 Å². The van der Waals surface area contributed by atoms with E-state index in [0.717, 1.165) is 16.7 Å². The molecule has 2 aromatic carbocycles. The topological polar surface area (TPSA) is 57.6 Å². The van der Waals surface area contributed by atoms with Crippen LogP contribution in [0.15, 0.2) is 53.4 Å². The van der Waals surface area contributed by atoms with E-state index in [0.29, 0.717) is 11.3 Å². The highest BCUT2D eigenvalue weighted by atomic mass is 32.2. The molecule has 0 aromatic heterocycles. The van der Waals surface area contributed by atoms with Crippen LogP contribution in [-0.4, -0.2) is 16.3 Å². The molecule has 1 saturated heterocycles. The Bertz CT molecular complexity index is 803. The fourth-order valence-electron chi connectivity index (χ4n) is 2.07. The number of nitrogens with zero attached hydrogens (tertiary/aromatic N) is 1. The van der Waals surface area contributed by atoms with Gasteiger partial charge in [0.05, 0.1) is 10.6 Å². The first-order valence-corrected chi connectivity index (χ1v) is 7.19. The molecule has 6 heteroatoms. The van der Waals surface area contributed by atoms with Gasteiger partial charge in [-0.3, -0.25) is 9.59 Å². The molecular formula is C16H10FNO3S. The van der Waals surface area contributed by atoms with E-state index in [1.165, 1.54) is 36.4 Å². The van der Waals surface area contributed by atoms with Crippen molar-refractivity contribution in [2.75, 3.05) is 4.90 Å². The Morgan fingerprint density at radius 3 is 2.59 bits per heavy atom. The van der Waals surface area contributed by atoms with Gasteiger partial charge in [-0.1, -0.05) is 18.2 Å². The molecule has 22 heavy (non-hydrogen) atoms. The number of imide groups is 1. The Balaban J connectivity index is 1.95. The third kappa shape index (κ3) is 2.73. The smallest absolute Gasteiger partial charge is 0.298 e. The number of hydrogen-bond acceptors (Lipinski definition) is 4. The largest absolute Gasteiger partial charge is 0.508 e. The summed E-state index contributed by atoms with van der Waals surface area (Å²) in [5.74, 6) is -0.948. The number of carbonyl (C=O) groups is 2. The van der Waals surface area contributed by atoms with E-state index in [1.807, 2.05) is 0 Å². The number of benzene rings is 2. The first kappa shape index (κ1) is 14.3. The highest BCUT2D eigenvalue weighted by Gasteiger charge is 2.36. The van der Waals surface area contributed by atoms with E-state index >= 15 is 0 Å². The van der Waals surface area contributed by atoms with E-state index in [2.05, 4.69) is 0 Å². The molecule has 3 rings (SSSR count). The zero-order valence-corrected chi connectivity index (χ0v) is 12.0. The third-order valence-electron chi connectivity index (χ3n) is 3.03. The molecule has 1 fully saturated rings. The van der Waals surface area contributed by atoms with Crippen LogP contribution in [0.1, 0.15) is 5.56 Å². The molecule has 0 saturated carbocycles. The van der Waals surface area contributed by atoms with Gasteiger partial charge >= 0.3 is 0 Å². The number of rotatable bonds is 2. The van der Waals surface area contributed by atoms with Crippen molar-refractivity contribution >= 4 is 34.7 Å². The number of anilines is 1. The van der Waals surface area contributed by atoms with Crippen molar-refractivity contribution in [3.8, 4) is 5.75 Å². The molecule has 0 aliphatic carbocycles. The predicted octanol–water partition coefficient (Wildman–Crippen LogP) is 3.77. The summed E-state index contributed by atoms with van der Waals surface area (Å²) in [6.45, 7) is 0. The van der Waals surface area contributed by atoms with Gasteiger partial charge in [-0.2, -0.15) is 0 Å². The van der Waals surface area contributed by atoms with Gasteiger partial charge in [0.1, 0.15) is 11.6 Å². The highest BCUT2D eigenvalue weighted by Crippen LogP contribution is 2.36. The van der Waals surface area contributed by atoms with Crippen LogP contribution in [0, 0.1) is 5.82 Å². The average Bonchev–Trinajstić information content (AvgIpc) is 2.73. The molecule has 2 aromatic rings. The molecule has 0 atom stereocenters. The second-order valence-corrected chi connectivity index (χ2v) is 5.59. The Labute approximate surface area is 129 Å². The zero-order chi connectivity index (χ0) is 15.7. The highest BCUT2D eigenvalue weighted by molar-refractivity contribution is 8.19. The van der Waals surface area contributed by atoms with E-state index < -0.39 is 17.0 Å². The Morgan fingerprint density at radius 2 is 1.86 bits per heavy atom. The van der Waals surface area contributed by atoms with E-state index in [1.54, 1.807) is 18.2 Å². The molecule has 4 nitrogen and oxygen atoms in total. The second kappa shape index (κ2) is 5.65. The fourth-order valence-corrected chi connectivity index (χ4v) is 2.91. The number of carbonyl (C=O) groups excluding carboxylic acids is 2. The number of hydrogen-bond donors (Lipinski definition) is 1. The second-order valence-electron chi connectivity index (χ2n) is 4.59. The van der Waals surface area contributed by atoms with Gasteiger partial charge in [-0.15, -0.1) is 0 Å². The predicted molar refractivity (Wildman–Crippen MR) is 83.0 cm³/mol. The van der Waals surface area contributed by atoms with E-state index in [9.17, 15) is 19.1 Å². The van der Waals surface area contributed by atoms with E-state index in [-0.39, 0.29) is 10.7 Å². The molecule has 2 amide bonds. The first-order valence-electron chi connectivity index (χ1n) is 6.37. The Kier molecular flexibility index (Phi) is 3.68. The molecule has 0 spiro atoms. The lowest BCUT2D eigenvalue weighted by Gasteiger charge is -2.12. The number of amides is 2. The van der Waals surface area contributed by atoms with Crippen molar-refractivity contribution in [2.24, 2.45) is 0 Å². The van der Waals surface area contributed by atoms with Crippen LogP contribution >= 0.6 is 11.8 Å². The number of thioether (sulfide) groups is 1. The summed E-state index contributed by atoms with van der Waals surface area (Å²) in [5.41, 5.74) is 0.798. The minimum Gasteiger partial charge on any atom is -0.508 e. The lowest BCUT2D eigenvalue weighted by Crippen LogP contribution is -2.27. The summed E-state index contributed by atoms with van der Waals surface area (Å²) in [6.07, 6.45) is 1.47. The Hall–Kier alpha value is -2.60. The summed E-state index contributed by atoms with van der Waals surface area (Å²) in [7, 11) is 0. The quantitative estimate of drug-likeness (QED) is 0.857. The number of phenols is 1. The lowest BCUT2D eigenvalue weighted by atomic mass is 10.2. The van der Waals surface area contributed by atoms with Gasteiger partial charge in [0.25, 0.3) is 11.1 Å². The van der Waals surface area contributed by atoms with Crippen LogP contribution in [0.4, 0.5) is 14.9 Å². The first-order chi connectivity index (χ1) is 10.5. The van der Waals surface area contributed by atoms with Crippen molar-refractivity contribution in [2.45, 2.75) is 0 Å². The Morgan fingerprint density at radius 1 is 1.09 bits per heavy atom. The fraction of sp³-hybridized carbons (Fsp3) is 0. The van der Waals surface area contributed by atoms with Gasteiger partial charge in [-0.25, -0.2) is 9.29 Å². The van der Waals surface area contributed by atoms with Crippen molar-refractivity contribution in [3.05, 3.63) is 64.8 Å². The average molecular weight is 315 g/mol. The molecule has 1 N–H and O–H groups in total. The van der Waals surface area contributed by atoms with Gasteiger partial charge in [-0.05, 0) is 47.7 Å².